The molecular formula is C15H16ClN3O. The van der Waals surface area contributed by atoms with Gasteiger partial charge in [0.05, 0.1) is 17.4 Å². The van der Waals surface area contributed by atoms with Crippen molar-refractivity contribution < 1.29 is 4.79 Å². The van der Waals surface area contributed by atoms with Gasteiger partial charge in [0.15, 0.2) is 0 Å². The van der Waals surface area contributed by atoms with E-state index in [0.29, 0.717) is 16.4 Å². The van der Waals surface area contributed by atoms with Crippen molar-refractivity contribution in [2.75, 3.05) is 11.1 Å². The number of halogens is 1. The van der Waals surface area contributed by atoms with E-state index >= 15 is 0 Å². The van der Waals surface area contributed by atoms with Crippen LogP contribution in [0.3, 0.4) is 0 Å². The Hall–Kier alpha value is -2.20. The van der Waals surface area contributed by atoms with Gasteiger partial charge in [-0.1, -0.05) is 41.9 Å². The molecule has 2 rings (SSSR count). The van der Waals surface area contributed by atoms with E-state index in [0.717, 1.165) is 5.56 Å². The van der Waals surface area contributed by atoms with Crippen LogP contribution in [-0.4, -0.2) is 6.03 Å². The van der Waals surface area contributed by atoms with Crippen LogP contribution >= 0.6 is 11.6 Å². The maximum Gasteiger partial charge on any atom is 0.319 e. The van der Waals surface area contributed by atoms with Crippen molar-refractivity contribution >= 4 is 29.0 Å². The van der Waals surface area contributed by atoms with Crippen molar-refractivity contribution in [2.24, 2.45) is 0 Å². The van der Waals surface area contributed by atoms with Crippen molar-refractivity contribution in [1.29, 1.82) is 0 Å². The quantitative estimate of drug-likeness (QED) is 0.752. The molecule has 2 amide bonds. The molecule has 0 unspecified atom stereocenters. The lowest BCUT2D eigenvalue weighted by Gasteiger charge is -2.15. The Morgan fingerprint density at radius 3 is 2.60 bits per heavy atom. The molecule has 1 atom stereocenters. The minimum atomic E-state index is -0.324. The highest BCUT2D eigenvalue weighted by atomic mass is 35.5. The second-order valence-corrected chi connectivity index (χ2v) is 4.90. The number of urea groups is 1. The Bertz CT molecular complexity index is 601. The first-order chi connectivity index (χ1) is 9.56. The minimum Gasteiger partial charge on any atom is -0.397 e. The lowest BCUT2D eigenvalue weighted by Crippen LogP contribution is -2.31. The molecule has 0 saturated carbocycles. The Balaban J connectivity index is 2.01. The molecule has 0 radical (unpaired) electrons. The molecule has 0 spiro atoms. The zero-order chi connectivity index (χ0) is 14.5. The van der Waals surface area contributed by atoms with Crippen molar-refractivity contribution in [3.8, 4) is 0 Å². The summed E-state index contributed by atoms with van der Waals surface area (Å²) in [7, 11) is 0. The fraction of sp³-hybridized carbons (Fsp3) is 0.133. The highest BCUT2D eigenvalue weighted by Gasteiger charge is 2.10. The fourth-order valence-corrected chi connectivity index (χ4v) is 1.99. The van der Waals surface area contributed by atoms with E-state index in [1.807, 2.05) is 37.3 Å². The molecule has 0 saturated heterocycles. The number of nitrogens with two attached hydrogens (primary N) is 1. The summed E-state index contributed by atoms with van der Waals surface area (Å²) < 4.78 is 0. The van der Waals surface area contributed by atoms with Gasteiger partial charge in [0.2, 0.25) is 0 Å². The van der Waals surface area contributed by atoms with Crippen molar-refractivity contribution in [1.82, 2.24) is 5.32 Å². The number of nitrogens with one attached hydrogen (secondary N) is 2. The lowest BCUT2D eigenvalue weighted by atomic mass is 10.1. The topological polar surface area (TPSA) is 67.2 Å². The molecule has 104 valence electrons. The first kappa shape index (κ1) is 14.2. The van der Waals surface area contributed by atoms with Crippen molar-refractivity contribution in [2.45, 2.75) is 13.0 Å². The summed E-state index contributed by atoms with van der Waals surface area (Å²) in [6.07, 6.45) is 0. The van der Waals surface area contributed by atoms with Gasteiger partial charge >= 0.3 is 6.03 Å². The average molecular weight is 290 g/mol. The number of carbonyl (C=O) groups excluding carboxylic acids is 1. The summed E-state index contributed by atoms with van der Waals surface area (Å²) in [4.78, 5) is 11.9. The monoisotopic (exact) mass is 289 g/mol. The van der Waals surface area contributed by atoms with E-state index < -0.39 is 0 Å². The van der Waals surface area contributed by atoms with E-state index in [9.17, 15) is 4.79 Å². The molecule has 4 N–H and O–H groups in total. The molecule has 2 aromatic rings. The third-order valence-corrected chi connectivity index (χ3v) is 3.15. The number of anilines is 2. The molecule has 0 aliphatic heterocycles. The minimum absolute atomic E-state index is 0.100. The first-order valence-corrected chi connectivity index (χ1v) is 6.61. The number of amides is 2. The smallest absolute Gasteiger partial charge is 0.319 e. The highest BCUT2D eigenvalue weighted by Crippen LogP contribution is 2.23. The molecule has 0 fully saturated rings. The van der Waals surface area contributed by atoms with E-state index in [1.165, 1.54) is 0 Å². The normalized spacial score (nSPS) is 11.7. The molecule has 5 heteroatoms. The zero-order valence-electron chi connectivity index (χ0n) is 11.1. The lowest BCUT2D eigenvalue weighted by molar-refractivity contribution is 0.249. The van der Waals surface area contributed by atoms with E-state index in [1.54, 1.807) is 18.2 Å². The molecule has 20 heavy (non-hydrogen) atoms. The fourth-order valence-electron chi connectivity index (χ4n) is 1.82. The van der Waals surface area contributed by atoms with Crippen LogP contribution in [0.1, 0.15) is 18.5 Å². The van der Waals surface area contributed by atoms with Crippen LogP contribution in [0.5, 0.6) is 0 Å². The van der Waals surface area contributed by atoms with Gasteiger partial charge in [-0.15, -0.1) is 0 Å². The SMILES string of the molecule is C[C@H](NC(=O)Nc1cc(Cl)ccc1N)c1ccccc1. The molecule has 0 aliphatic carbocycles. The van der Waals surface area contributed by atoms with E-state index in [-0.39, 0.29) is 12.1 Å². The summed E-state index contributed by atoms with van der Waals surface area (Å²) in [5.74, 6) is 0. The molecular weight excluding hydrogens is 274 g/mol. The zero-order valence-corrected chi connectivity index (χ0v) is 11.8. The molecule has 0 aliphatic rings. The van der Waals surface area contributed by atoms with Crippen molar-refractivity contribution in [3.05, 3.63) is 59.1 Å². The van der Waals surface area contributed by atoms with Gasteiger partial charge in [0.25, 0.3) is 0 Å². The van der Waals surface area contributed by atoms with Crippen LogP contribution in [0.25, 0.3) is 0 Å². The molecule has 4 nitrogen and oxygen atoms in total. The summed E-state index contributed by atoms with van der Waals surface area (Å²) >= 11 is 5.87. The van der Waals surface area contributed by atoms with Gasteiger partial charge in [-0.2, -0.15) is 0 Å². The number of carbonyl (C=O) groups is 1. The van der Waals surface area contributed by atoms with Gasteiger partial charge in [0.1, 0.15) is 0 Å². The maximum absolute atomic E-state index is 11.9. The first-order valence-electron chi connectivity index (χ1n) is 6.24. The largest absolute Gasteiger partial charge is 0.397 e. The second kappa shape index (κ2) is 6.30. The molecule has 0 bridgehead atoms. The number of nitrogen functional groups attached to an aromatic ring is 1. The molecule has 0 aromatic heterocycles. The van der Waals surface area contributed by atoms with Crippen LogP contribution in [0.15, 0.2) is 48.5 Å². The average Bonchev–Trinajstić information content (AvgIpc) is 2.43. The number of hydrogen-bond donors (Lipinski definition) is 3. The predicted molar refractivity (Wildman–Crippen MR) is 82.9 cm³/mol. The summed E-state index contributed by atoms with van der Waals surface area (Å²) in [6.45, 7) is 1.91. The summed E-state index contributed by atoms with van der Waals surface area (Å²) in [5.41, 5.74) is 7.77. The molecule has 2 aromatic carbocycles. The number of rotatable bonds is 3. The maximum atomic E-state index is 11.9. The third kappa shape index (κ3) is 3.65. The van der Waals surface area contributed by atoms with E-state index in [2.05, 4.69) is 10.6 Å². The van der Waals surface area contributed by atoms with Crippen LogP contribution in [-0.2, 0) is 0 Å². The van der Waals surface area contributed by atoms with Crippen LogP contribution < -0.4 is 16.4 Å². The standard InChI is InChI=1S/C15H16ClN3O/c1-10(11-5-3-2-4-6-11)18-15(20)19-14-9-12(16)7-8-13(14)17/h2-10H,17H2,1H3,(H2,18,19,20)/t10-/m0/s1. The van der Waals surface area contributed by atoms with Crippen LogP contribution in [0.4, 0.5) is 16.2 Å². The predicted octanol–water partition coefficient (Wildman–Crippen LogP) is 3.80. The van der Waals surface area contributed by atoms with Gasteiger partial charge in [-0.3, -0.25) is 0 Å². The summed E-state index contributed by atoms with van der Waals surface area (Å²) in [6, 6.07) is 14.2. The Kier molecular flexibility index (Phi) is 4.48. The van der Waals surface area contributed by atoms with E-state index in [4.69, 9.17) is 17.3 Å². The molecule has 0 heterocycles. The Labute approximate surface area is 122 Å². The van der Waals surface area contributed by atoms with Gasteiger partial charge in [-0.25, -0.2) is 4.79 Å². The Morgan fingerprint density at radius 1 is 1.20 bits per heavy atom. The van der Waals surface area contributed by atoms with Gasteiger partial charge < -0.3 is 16.4 Å². The van der Waals surface area contributed by atoms with Crippen LogP contribution in [0.2, 0.25) is 5.02 Å². The number of benzene rings is 2. The summed E-state index contributed by atoms with van der Waals surface area (Å²) in [5, 5.41) is 6.05. The number of hydrogen-bond acceptors (Lipinski definition) is 2. The van der Waals surface area contributed by atoms with Gasteiger partial charge in [-0.05, 0) is 30.7 Å². The Morgan fingerprint density at radius 2 is 1.90 bits per heavy atom. The van der Waals surface area contributed by atoms with Gasteiger partial charge in [0, 0.05) is 5.02 Å². The van der Waals surface area contributed by atoms with Crippen molar-refractivity contribution in [3.63, 3.8) is 0 Å². The highest BCUT2D eigenvalue weighted by molar-refractivity contribution is 6.31. The second-order valence-electron chi connectivity index (χ2n) is 4.46. The third-order valence-electron chi connectivity index (χ3n) is 2.91. The van der Waals surface area contributed by atoms with Crippen LogP contribution in [0, 0.1) is 0 Å².